The van der Waals surface area contributed by atoms with Gasteiger partial charge in [-0.15, -0.1) is 11.3 Å². The van der Waals surface area contributed by atoms with Crippen LogP contribution in [0.25, 0.3) is 11.3 Å². The second-order valence-corrected chi connectivity index (χ2v) is 9.10. The fourth-order valence-electron chi connectivity index (χ4n) is 2.76. The van der Waals surface area contributed by atoms with Gasteiger partial charge in [-0.3, -0.25) is 9.59 Å². The molecule has 1 aromatic heterocycles. The van der Waals surface area contributed by atoms with E-state index in [2.05, 4.69) is 15.6 Å². The van der Waals surface area contributed by atoms with E-state index < -0.39 is 0 Å². The molecule has 0 fully saturated rings. The topological polar surface area (TPSA) is 71.1 Å². The number of nitrogens with one attached hydrogen (secondary N) is 2. The van der Waals surface area contributed by atoms with Gasteiger partial charge in [0.05, 0.1) is 17.5 Å². The molecule has 0 saturated heterocycles. The second-order valence-electron chi connectivity index (χ2n) is 6.66. The van der Waals surface area contributed by atoms with Gasteiger partial charge in [-0.2, -0.15) is 0 Å². The second kappa shape index (κ2) is 9.71. The Labute approximate surface area is 179 Å². The molecule has 29 heavy (non-hydrogen) atoms. The zero-order valence-corrected chi connectivity index (χ0v) is 18.2. The number of aryl methyl sites for hydroxylation is 2. The molecule has 5 nitrogen and oxygen atoms in total. The predicted molar refractivity (Wildman–Crippen MR) is 120 cm³/mol. The molecular formula is C22H23N3O2S2. The number of carbonyl (C=O) groups is 2. The molecule has 0 spiro atoms. The van der Waals surface area contributed by atoms with Crippen LogP contribution in [0, 0.1) is 13.8 Å². The Bertz CT molecular complexity index is 982. The zero-order chi connectivity index (χ0) is 20.8. The van der Waals surface area contributed by atoms with E-state index in [1.54, 1.807) is 0 Å². The lowest BCUT2D eigenvalue weighted by Crippen LogP contribution is -2.37. The van der Waals surface area contributed by atoms with Gasteiger partial charge in [0, 0.05) is 16.6 Å². The van der Waals surface area contributed by atoms with Crippen LogP contribution in [0.4, 0.5) is 5.69 Å². The van der Waals surface area contributed by atoms with Crippen molar-refractivity contribution in [1.29, 1.82) is 0 Å². The lowest BCUT2D eigenvalue weighted by Gasteiger charge is -2.13. The molecule has 3 rings (SSSR count). The van der Waals surface area contributed by atoms with E-state index in [4.69, 9.17) is 0 Å². The first-order valence-electron chi connectivity index (χ1n) is 9.25. The van der Waals surface area contributed by atoms with Crippen molar-refractivity contribution in [2.24, 2.45) is 0 Å². The quantitative estimate of drug-likeness (QED) is 0.540. The highest BCUT2D eigenvalue weighted by Crippen LogP contribution is 2.30. The Kier molecular flexibility index (Phi) is 7.06. The number of thiazole rings is 1. The highest BCUT2D eigenvalue weighted by Gasteiger charge is 2.18. The number of hydrogen-bond donors (Lipinski definition) is 2. The first-order chi connectivity index (χ1) is 13.9. The van der Waals surface area contributed by atoms with E-state index in [1.807, 2.05) is 74.7 Å². The van der Waals surface area contributed by atoms with Crippen molar-refractivity contribution in [2.45, 2.75) is 30.4 Å². The zero-order valence-electron chi connectivity index (χ0n) is 16.6. The summed E-state index contributed by atoms with van der Waals surface area (Å²) in [4.78, 5) is 29.2. The van der Waals surface area contributed by atoms with Gasteiger partial charge >= 0.3 is 0 Å². The van der Waals surface area contributed by atoms with Crippen LogP contribution in [0.5, 0.6) is 0 Å². The molecule has 0 aliphatic carbocycles. The molecule has 2 aromatic carbocycles. The van der Waals surface area contributed by atoms with Crippen LogP contribution in [-0.2, 0) is 9.59 Å². The maximum absolute atomic E-state index is 12.4. The number of hydrogen-bond acceptors (Lipinski definition) is 5. The lowest BCUT2D eigenvalue weighted by atomic mass is 10.1. The summed E-state index contributed by atoms with van der Waals surface area (Å²) in [5, 5.41) is 7.22. The average Bonchev–Trinajstić information content (AvgIpc) is 3.18. The first-order valence-corrected chi connectivity index (χ1v) is 11.0. The maximum Gasteiger partial charge on any atom is 0.243 e. The molecule has 1 heterocycles. The third-order valence-corrected chi connectivity index (χ3v) is 6.44. The average molecular weight is 426 g/mol. The Morgan fingerprint density at radius 1 is 1.07 bits per heavy atom. The number of nitrogens with zero attached hydrogens (tertiary/aromatic N) is 1. The van der Waals surface area contributed by atoms with Gasteiger partial charge in [0.15, 0.2) is 4.34 Å². The Hall–Kier alpha value is -2.64. The fourth-order valence-corrected chi connectivity index (χ4v) is 4.76. The lowest BCUT2D eigenvalue weighted by molar-refractivity contribution is -0.123. The Morgan fingerprint density at radius 3 is 2.45 bits per heavy atom. The third-order valence-electron chi connectivity index (χ3n) is 4.37. The monoisotopic (exact) mass is 425 g/mol. The first kappa shape index (κ1) is 21.1. The Balaban J connectivity index is 1.51. The number of rotatable bonds is 7. The van der Waals surface area contributed by atoms with Crippen LogP contribution in [-0.4, -0.2) is 28.6 Å². The number of thioether (sulfide) groups is 1. The largest absolute Gasteiger partial charge is 0.346 e. The molecule has 3 aromatic rings. The molecule has 1 unspecified atom stereocenters. The number of carbonyl (C=O) groups excluding carboxylic acids is 2. The van der Waals surface area contributed by atoms with Crippen LogP contribution in [0.3, 0.4) is 0 Å². The normalized spacial score (nSPS) is 11.7. The van der Waals surface area contributed by atoms with Gasteiger partial charge in [0.2, 0.25) is 11.8 Å². The minimum absolute atomic E-state index is 0.0648. The number of benzene rings is 2. The minimum Gasteiger partial charge on any atom is -0.346 e. The van der Waals surface area contributed by atoms with E-state index in [-0.39, 0.29) is 23.6 Å². The van der Waals surface area contributed by atoms with Crippen LogP contribution >= 0.6 is 23.1 Å². The molecule has 2 N–H and O–H groups in total. The minimum atomic E-state index is -0.349. The summed E-state index contributed by atoms with van der Waals surface area (Å²) < 4.78 is 0.825. The summed E-state index contributed by atoms with van der Waals surface area (Å²) in [5.74, 6) is -0.434. The highest BCUT2D eigenvalue weighted by molar-refractivity contribution is 8.02. The van der Waals surface area contributed by atoms with Crippen LogP contribution < -0.4 is 10.6 Å². The van der Waals surface area contributed by atoms with E-state index in [0.29, 0.717) is 0 Å². The number of anilines is 1. The molecule has 0 aliphatic rings. The van der Waals surface area contributed by atoms with Crippen molar-refractivity contribution < 1.29 is 9.59 Å². The number of aromatic nitrogens is 1. The fraction of sp³-hybridized carbons (Fsp3) is 0.227. The summed E-state index contributed by atoms with van der Waals surface area (Å²) >= 11 is 2.90. The molecule has 150 valence electrons. The van der Waals surface area contributed by atoms with Gasteiger partial charge in [0.1, 0.15) is 0 Å². The molecule has 1 atom stereocenters. The Morgan fingerprint density at radius 2 is 1.76 bits per heavy atom. The number of amides is 2. The molecule has 2 amide bonds. The summed E-state index contributed by atoms with van der Waals surface area (Å²) in [6.45, 7) is 5.63. The molecule has 0 aliphatic heterocycles. The van der Waals surface area contributed by atoms with Crippen molar-refractivity contribution in [3.05, 3.63) is 65.0 Å². The SMILES string of the molecule is Cc1cccc(C)c1NC(=O)CNC(=O)C(C)Sc1nc(-c2ccccc2)cs1. The van der Waals surface area contributed by atoms with Crippen molar-refractivity contribution in [3.63, 3.8) is 0 Å². The van der Waals surface area contributed by atoms with Gasteiger partial charge < -0.3 is 10.6 Å². The smallest absolute Gasteiger partial charge is 0.243 e. The molecule has 0 saturated carbocycles. The predicted octanol–water partition coefficient (Wildman–Crippen LogP) is 4.66. The molecular weight excluding hydrogens is 402 g/mol. The van der Waals surface area contributed by atoms with Crippen molar-refractivity contribution in [1.82, 2.24) is 10.3 Å². The molecule has 0 radical (unpaired) electrons. The molecule has 0 bridgehead atoms. The van der Waals surface area contributed by atoms with Crippen molar-refractivity contribution in [2.75, 3.05) is 11.9 Å². The van der Waals surface area contributed by atoms with E-state index in [1.165, 1.54) is 23.1 Å². The van der Waals surface area contributed by atoms with E-state index in [0.717, 1.165) is 32.4 Å². The van der Waals surface area contributed by atoms with Crippen molar-refractivity contribution >= 4 is 40.6 Å². The van der Waals surface area contributed by atoms with Crippen LogP contribution in [0.2, 0.25) is 0 Å². The van der Waals surface area contributed by atoms with E-state index in [9.17, 15) is 9.59 Å². The summed E-state index contributed by atoms with van der Waals surface area (Å²) in [5.41, 5.74) is 4.73. The van der Waals surface area contributed by atoms with Gasteiger partial charge in [-0.1, -0.05) is 60.3 Å². The summed E-state index contributed by atoms with van der Waals surface area (Å²) in [6.07, 6.45) is 0. The summed E-state index contributed by atoms with van der Waals surface area (Å²) in [7, 11) is 0. The summed E-state index contributed by atoms with van der Waals surface area (Å²) in [6, 6.07) is 15.8. The number of para-hydroxylation sites is 1. The van der Waals surface area contributed by atoms with Gasteiger partial charge in [0.25, 0.3) is 0 Å². The van der Waals surface area contributed by atoms with Crippen molar-refractivity contribution in [3.8, 4) is 11.3 Å². The van der Waals surface area contributed by atoms with Crippen LogP contribution in [0.15, 0.2) is 58.3 Å². The maximum atomic E-state index is 12.4. The molecule has 7 heteroatoms. The standard InChI is InChI=1S/C22H23N3O2S2/c1-14-8-7-9-15(2)20(14)25-19(26)12-23-21(27)16(3)29-22-24-18(13-28-22)17-10-5-4-6-11-17/h4-11,13,16H,12H2,1-3H3,(H,23,27)(H,25,26). The van der Waals surface area contributed by atoms with Crippen LogP contribution in [0.1, 0.15) is 18.1 Å². The third kappa shape index (κ3) is 5.68. The van der Waals surface area contributed by atoms with Gasteiger partial charge in [-0.05, 0) is 31.9 Å². The highest BCUT2D eigenvalue weighted by atomic mass is 32.2. The van der Waals surface area contributed by atoms with E-state index >= 15 is 0 Å². The van der Waals surface area contributed by atoms with Gasteiger partial charge in [-0.25, -0.2) is 4.98 Å².